The summed E-state index contributed by atoms with van der Waals surface area (Å²) in [6, 6.07) is 7.23. The zero-order valence-electron chi connectivity index (χ0n) is 9.94. The number of carbonyl (C=O) groups is 1. The van der Waals surface area contributed by atoms with Crippen LogP contribution in [0.1, 0.15) is 10.5 Å². The SMILES string of the molecule is Cn1nc(C(N)=O)cc1Oc1ccccc1[N+](=O)[O-]. The largest absolute Gasteiger partial charge is 0.432 e. The summed E-state index contributed by atoms with van der Waals surface area (Å²) in [5.74, 6) is -0.456. The molecule has 0 saturated heterocycles. The molecule has 1 heterocycles. The number of rotatable bonds is 4. The number of nitrogens with zero attached hydrogens (tertiary/aromatic N) is 3. The van der Waals surface area contributed by atoms with Gasteiger partial charge < -0.3 is 10.5 Å². The van der Waals surface area contributed by atoms with Crippen molar-refractivity contribution in [2.45, 2.75) is 0 Å². The Morgan fingerprint density at radius 2 is 2.16 bits per heavy atom. The van der Waals surface area contributed by atoms with Crippen LogP contribution in [0.2, 0.25) is 0 Å². The molecule has 8 nitrogen and oxygen atoms in total. The Bertz CT molecular complexity index is 650. The van der Waals surface area contributed by atoms with Crippen molar-refractivity contribution in [2.24, 2.45) is 12.8 Å². The molecule has 1 aromatic carbocycles. The van der Waals surface area contributed by atoms with Gasteiger partial charge in [0.1, 0.15) is 0 Å². The maximum absolute atomic E-state index is 11.0. The molecular weight excluding hydrogens is 252 g/mol. The lowest BCUT2D eigenvalue weighted by atomic mass is 10.3. The summed E-state index contributed by atoms with van der Waals surface area (Å²) in [5, 5.41) is 14.7. The maximum Gasteiger partial charge on any atom is 0.311 e. The fourth-order valence-electron chi connectivity index (χ4n) is 1.47. The number of hydrogen-bond donors (Lipinski definition) is 1. The van der Waals surface area contributed by atoms with E-state index in [4.69, 9.17) is 10.5 Å². The predicted molar refractivity (Wildman–Crippen MR) is 64.9 cm³/mol. The monoisotopic (exact) mass is 262 g/mol. The predicted octanol–water partition coefficient (Wildman–Crippen LogP) is 1.22. The highest BCUT2D eigenvalue weighted by molar-refractivity contribution is 5.91. The van der Waals surface area contributed by atoms with Crippen LogP contribution in [0, 0.1) is 10.1 Å². The highest BCUT2D eigenvalue weighted by atomic mass is 16.6. The van der Waals surface area contributed by atoms with E-state index in [1.54, 1.807) is 6.07 Å². The number of aromatic nitrogens is 2. The van der Waals surface area contributed by atoms with E-state index in [0.29, 0.717) is 0 Å². The molecular formula is C11H10N4O4. The second-order valence-corrected chi connectivity index (χ2v) is 3.68. The van der Waals surface area contributed by atoms with Crippen LogP contribution in [-0.2, 0) is 7.05 Å². The molecule has 98 valence electrons. The normalized spacial score (nSPS) is 10.2. The number of nitro groups is 1. The molecule has 0 spiro atoms. The molecule has 8 heteroatoms. The quantitative estimate of drug-likeness (QED) is 0.657. The summed E-state index contributed by atoms with van der Waals surface area (Å²) < 4.78 is 6.66. The number of nitrogens with two attached hydrogens (primary N) is 1. The Morgan fingerprint density at radius 1 is 1.47 bits per heavy atom. The maximum atomic E-state index is 11.0. The van der Waals surface area contributed by atoms with Crippen LogP contribution in [0.5, 0.6) is 11.6 Å². The van der Waals surface area contributed by atoms with E-state index in [1.165, 1.54) is 36.0 Å². The van der Waals surface area contributed by atoms with Crippen molar-refractivity contribution in [1.82, 2.24) is 9.78 Å². The Hall–Kier alpha value is -2.90. The van der Waals surface area contributed by atoms with Gasteiger partial charge in [-0.15, -0.1) is 0 Å². The first kappa shape index (κ1) is 12.6. The third kappa shape index (κ3) is 2.51. The minimum absolute atomic E-state index is 0.0242. The molecule has 0 fully saturated rings. The number of amides is 1. The van der Waals surface area contributed by atoms with Gasteiger partial charge in [0.05, 0.1) is 4.92 Å². The topological polar surface area (TPSA) is 113 Å². The second kappa shape index (κ2) is 4.77. The van der Waals surface area contributed by atoms with Crippen molar-refractivity contribution >= 4 is 11.6 Å². The first-order chi connectivity index (χ1) is 8.99. The van der Waals surface area contributed by atoms with E-state index < -0.39 is 10.8 Å². The van der Waals surface area contributed by atoms with Gasteiger partial charge in [-0.3, -0.25) is 14.9 Å². The summed E-state index contributed by atoms with van der Waals surface area (Å²) in [5.41, 5.74) is 4.94. The molecule has 0 unspecified atom stereocenters. The molecule has 0 aliphatic heterocycles. The van der Waals surface area contributed by atoms with Crippen LogP contribution in [-0.4, -0.2) is 20.6 Å². The summed E-state index contributed by atoms with van der Waals surface area (Å²) in [7, 11) is 1.54. The average Bonchev–Trinajstić information content (AvgIpc) is 2.72. The Balaban J connectivity index is 2.36. The molecule has 2 aromatic rings. The Morgan fingerprint density at radius 3 is 2.74 bits per heavy atom. The number of nitro benzene ring substituents is 1. The van der Waals surface area contributed by atoms with Gasteiger partial charge in [0.25, 0.3) is 5.91 Å². The number of hydrogen-bond acceptors (Lipinski definition) is 5. The van der Waals surface area contributed by atoms with Crippen molar-refractivity contribution in [2.75, 3.05) is 0 Å². The third-order valence-corrected chi connectivity index (χ3v) is 2.37. The summed E-state index contributed by atoms with van der Waals surface area (Å²) in [6.07, 6.45) is 0. The number of primary amides is 1. The number of benzene rings is 1. The Kier molecular flexibility index (Phi) is 3.15. The van der Waals surface area contributed by atoms with E-state index in [1.807, 2.05) is 0 Å². The van der Waals surface area contributed by atoms with Crippen LogP contribution in [0.3, 0.4) is 0 Å². The lowest BCUT2D eigenvalue weighted by Gasteiger charge is -2.05. The van der Waals surface area contributed by atoms with Crippen LogP contribution in [0.25, 0.3) is 0 Å². The van der Waals surface area contributed by atoms with Crippen molar-refractivity contribution in [3.05, 3.63) is 46.1 Å². The minimum atomic E-state index is -0.701. The Labute approximate surface area is 107 Å². The summed E-state index contributed by atoms with van der Waals surface area (Å²) in [6.45, 7) is 0. The van der Waals surface area contributed by atoms with Crippen LogP contribution in [0.15, 0.2) is 30.3 Å². The standard InChI is InChI=1S/C11H10N4O4/c1-14-10(6-7(13-14)11(12)16)19-9-5-3-2-4-8(9)15(17)18/h2-6H,1H3,(H2,12,16). The number of carbonyl (C=O) groups excluding carboxylic acids is 1. The molecule has 0 bridgehead atoms. The highest BCUT2D eigenvalue weighted by Crippen LogP contribution is 2.30. The molecule has 0 radical (unpaired) electrons. The summed E-state index contributed by atoms with van der Waals surface area (Å²) >= 11 is 0. The van der Waals surface area contributed by atoms with Crippen molar-refractivity contribution in [3.63, 3.8) is 0 Å². The van der Waals surface area contributed by atoms with E-state index in [9.17, 15) is 14.9 Å². The molecule has 1 aromatic heterocycles. The average molecular weight is 262 g/mol. The van der Waals surface area contributed by atoms with Gasteiger partial charge in [-0.05, 0) is 6.07 Å². The van der Waals surface area contributed by atoms with Crippen LogP contribution >= 0.6 is 0 Å². The van der Waals surface area contributed by atoms with Gasteiger partial charge in [0, 0.05) is 19.2 Å². The lowest BCUT2D eigenvalue weighted by molar-refractivity contribution is -0.385. The smallest absolute Gasteiger partial charge is 0.311 e. The molecule has 0 aliphatic carbocycles. The fraction of sp³-hybridized carbons (Fsp3) is 0.0909. The first-order valence-electron chi connectivity index (χ1n) is 5.24. The second-order valence-electron chi connectivity index (χ2n) is 3.68. The van der Waals surface area contributed by atoms with E-state index in [-0.39, 0.29) is 23.0 Å². The molecule has 0 aliphatic rings. The van der Waals surface area contributed by atoms with Gasteiger partial charge in [0.15, 0.2) is 5.69 Å². The van der Waals surface area contributed by atoms with Crippen molar-refractivity contribution < 1.29 is 14.5 Å². The van der Waals surface area contributed by atoms with Gasteiger partial charge in [-0.25, -0.2) is 4.68 Å². The van der Waals surface area contributed by atoms with Crippen LogP contribution < -0.4 is 10.5 Å². The molecule has 0 saturated carbocycles. The van der Waals surface area contributed by atoms with E-state index in [2.05, 4.69) is 5.10 Å². The van der Waals surface area contributed by atoms with Crippen molar-refractivity contribution in [3.8, 4) is 11.6 Å². The number of ether oxygens (including phenoxy) is 1. The molecule has 19 heavy (non-hydrogen) atoms. The summed E-state index contributed by atoms with van der Waals surface area (Å²) in [4.78, 5) is 21.3. The van der Waals surface area contributed by atoms with Crippen LogP contribution in [0.4, 0.5) is 5.69 Å². The zero-order chi connectivity index (χ0) is 14.0. The number of aryl methyl sites for hydroxylation is 1. The molecule has 2 rings (SSSR count). The third-order valence-electron chi connectivity index (χ3n) is 2.37. The van der Waals surface area contributed by atoms with Crippen molar-refractivity contribution in [1.29, 1.82) is 0 Å². The molecule has 2 N–H and O–H groups in total. The van der Waals surface area contributed by atoms with E-state index >= 15 is 0 Å². The van der Waals surface area contributed by atoms with E-state index in [0.717, 1.165) is 0 Å². The lowest BCUT2D eigenvalue weighted by Crippen LogP contribution is -2.11. The minimum Gasteiger partial charge on any atom is -0.432 e. The van der Waals surface area contributed by atoms with Gasteiger partial charge >= 0.3 is 5.69 Å². The zero-order valence-corrected chi connectivity index (χ0v) is 9.94. The molecule has 1 amide bonds. The van der Waals surface area contributed by atoms with Gasteiger partial charge in [-0.1, -0.05) is 12.1 Å². The molecule has 0 atom stereocenters. The highest BCUT2D eigenvalue weighted by Gasteiger charge is 2.17. The first-order valence-corrected chi connectivity index (χ1v) is 5.24. The fourth-order valence-corrected chi connectivity index (χ4v) is 1.47. The van der Waals surface area contributed by atoms with Gasteiger partial charge in [0.2, 0.25) is 11.6 Å². The number of para-hydroxylation sites is 2. The van der Waals surface area contributed by atoms with Gasteiger partial charge in [-0.2, -0.15) is 5.10 Å².